The molecule has 2 rings (SSSR count). The Balaban J connectivity index is 2.53. The van der Waals surface area contributed by atoms with Gasteiger partial charge in [0.2, 0.25) is 0 Å². The van der Waals surface area contributed by atoms with Crippen LogP contribution in [0.5, 0.6) is 0 Å². The van der Waals surface area contributed by atoms with Crippen molar-refractivity contribution >= 4 is 27.5 Å². The second-order valence-electron chi connectivity index (χ2n) is 2.71. The van der Waals surface area contributed by atoms with Gasteiger partial charge in [0.1, 0.15) is 9.76 Å². The molecule has 2 aromatic heterocycles. The number of nitrogens with zero attached hydrogens (tertiary/aromatic N) is 2. The molecule has 0 bridgehead atoms. The number of aromatic nitrogens is 2. The van der Waals surface area contributed by atoms with Crippen LogP contribution in [0.15, 0.2) is 41.3 Å². The fraction of sp³-hybridized carbons (Fsp3) is 0. The van der Waals surface area contributed by atoms with Gasteiger partial charge in [-0.2, -0.15) is 0 Å². The molecule has 0 aliphatic carbocycles. The lowest BCUT2D eigenvalue weighted by Crippen LogP contribution is -1.84. The standard InChI is InChI=1S/C10H6BrClN2/c11-9-4-3-8(10(12)14-9)7-2-1-5-13-6-7/h1-6H. The molecule has 70 valence electrons. The lowest BCUT2D eigenvalue weighted by molar-refractivity contribution is 1.26. The predicted octanol–water partition coefficient (Wildman–Crippen LogP) is 3.56. The molecule has 0 unspecified atom stereocenters. The zero-order valence-electron chi connectivity index (χ0n) is 7.11. The van der Waals surface area contributed by atoms with Crippen LogP contribution in [0.1, 0.15) is 0 Å². The number of halogens is 2. The Morgan fingerprint density at radius 2 is 2.07 bits per heavy atom. The van der Waals surface area contributed by atoms with Crippen molar-refractivity contribution in [3.63, 3.8) is 0 Å². The summed E-state index contributed by atoms with van der Waals surface area (Å²) in [5.41, 5.74) is 1.86. The molecule has 0 N–H and O–H groups in total. The average Bonchev–Trinajstić information content (AvgIpc) is 2.19. The molecule has 2 aromatic rings. The van der Waals surface area contributed by atoms with Crippen LogP contribution in [-0.4, -0.2) is 9.97 Å². The molecule has 2 nitrogen and oxygen atoms in total. The molecule has 0 aromatic carbocycles. The quantitative estimate of drug-likeness (QED) is 0.740. The van der Waals surface area contributed by atoms with E-state index in [2.05, 4.69) is 25.9 Å². The van der Waals surface area contributed by atoms with Crippen molar-refractivity contribution in [2.75, 3.05) is 0 Å². The molecule has 0 saturated carbocycles. The van der Waals surface area contributed by atoms with Crippen LogP contribution in [0.2, 0.25) is 5.15 Å². The zero-order chi connectivity index (χ0) is 9.97. The molecule has 4 heteroatoms. The van der Waals surface area contributed by atoms with Gasteiger partial charge in [-0.15, -0.1) is 0 Å². The number of rotatable bonds is 1. The summed E-state index contributed by atoms with van der Waals surface area (Å²) in [6.45, 7) is 0. The zero-order valence-corrected chi connectivity index (χ0v) is 9.46. The van der Waals surface area contributed by atoms with E-state index >= 15 is 0 Å². The molecule has 0 atom stereocenters. The van der Waals surface area contributed by atoms with Crippen LogP contribution >= 0.6 is 27.5 Å². The topological polar surface area (TPSA) is 25.8 Å². The third-order valence-corrected chi connectivity index (χ3v) is 2.52. The van der Waals surface area contributed by atoms with Crippen molar-refractivity contribution in [3.05, 3.63) is 46.4 Å². The molecule has 0 spiro atoms. The first kappa shape index (κ1) is 9.62. The van der Waals surface area contributed by atoms with Crippen molar-refractivity contribution in [3.8, 4) is 11.1 Å². The van der Waals surface area contributed by atoms with E-state index in [9.17, 15) is 0 Å². The van der Waals surface area contributed by atoms with E-state index in [0.717, 1.165) is 15.7 Å². The first-order valence-corrected chi connectivity index (χ1v) is 5.17. The van der Waals surface area contributed by atoms with Crippen molar-refractivity contribution < 1.29 is 0 Å². The molecule has 0 amide bonds. The monoisotopic (exact) mass is 268 g/mol. The van der Waals surface area contributed by atoms with Crippen LogP contribution in [0.3, 0.4) is 0 Å². The van der Waals surface area contributed by atoms with Crippen molar-refractivity contribution in [1.29, 1.82) is 0 Å². The Morgan fingerprint density at radius 1 is 1.21 bits per heavy atom. The van der Waals surface area contributed by atoms with Crippen LogP contribution in [0, 0.1) is 0 Å². The molecule has 0 aliphatic rings. The van der Waals surface area contributed by atoms with Gasteiger partial charge in [-0.25, -0.2) is 4.98 Å². The largest absolute Gasteiger partial charge is 0.264 e. The normalized spacial score (nSPS) is 10.1. The average molecular weight is 270 g/mol. The molecule has 0 saturated heterocycles. The summed E-state index contributed by atoms with van der Waals surface area (Å²) < 4.78 is 0.732. The predicted molar refractivity (Wildman–Crippen MR) is 60.2 cm³/mol. The summed E-state index contributed by atoms with van der Waals surface area (Å²) in [7, 11) is 0. The molecule has 0 radical (unpaired) electrons. The first-order chi connectivity index (χ1) is 6.77. The summed E-state index contributed by atoms with van der Waals surface area (Å²) in [6, 6.07) is 7.59. The van der Waals surface area contributed by atoms with E-state index in [-0.39, 0.29) is 0 Å². The highest BCUT2D eigenvalue weighted by Crippen LogP contribution is 2.26. The summed E-state index contributed by atoms with van der Waals surface area (Å²) in [6.07, 6.45) is 3.49. The molecule has 0 aliphatic heterocycles. The number of hydrogen-bond donors (Lipinski definition) is 0. The minimum atomic E-state index is 0.479. The molecule has 2 heterocycles. The lowest BCUT2D eigenvalue weighted by atomic mass is 10.1. The fourth-order valence-corrected chi connectivity index (χ4v) is 1.82. The Hall–Kier alpha value is -0.930. The van der Waals surface area contributed by atoms with Gasteiger partial charge in [0.25, 0.3) is 0 Å². The van der Waals surface area contributed by atoms with Crippen LogP contribution in [0.25, 0.3) is 11.1 Å². The Morgan fingerprint density at radius 3 is 2.71 bits per heavy atom. The molecular formula is C10H6BrClN2. The van der Waals surface area contributed by atoms with Gasteiger partial charge in [-0.1, -0.05) is 17.7 Å². The van der Waals surface area contributed by atoms with Gasteiger partial charge in [0.05, 0.1) is 0 Å². The maximum atomic E-state index is 6.00. The van der Waals surface area contributed by atoms with Crippen molar-refractivity contribution in [1.82, 2.24) is 9.97 Å². The highest BCUT2D eigenvalue weighted by molar-refractivity contribution is 9.10. The molecule has 0 fully saturated rings. The second-order valence-corrected chi connectivity index (χ2v) is 3.88. The Kier molecular flexibility index (Phi) is 2.79. The van der Waals surface area contributed by atoms with E-state index < -0.39 is 0 Å². The van der Waals surface area contributed by atoms with Crippen molar-refractivity contribution in [2.24, 2.45) is 0 Å². The van der Waals surface area contributed by atoms with E-state index in [1.165, 1.54) is 0 Å². The minimum Gasteiger partial charge on any atom is -0.264 e. The first-order valence-electron chi connectivity index (χ1n) is 4.00. The van der Waals surface area contributed by atoms with E-state index in [1.807, 2.05) is 24.3 Å². The van der Waals surface area contributed by atoms with Gasteiger partial charge in [0.15, 0.2) is 0 Å². The van der Waals surface area contributed by atoms with Gasteiger partial charge < -0.3 is 0 Å². The van der Waals surface area contributed by atoms with E-state index in [0.29, 0.717) is 5.15 Å². The van der Waals surface area contributed by atoms with Gasteiger partial charge >= 0.3 is 0 Å². The van der Waals surface area contributed by atoms with Crippen LogP contribution in [-0.2, 0) is 0 Å². The highest BCUT2D eigenvalue weighted by Gasteiger charge is 2.04. The maximum absolute atomic E-state index is 6.00. The summed E-state index contributed by atoms with van der Waals surface area (Å²) in [5, 5.41) is 0.479. The molecule has 14 heavy (non-hydrogen) atoms. The molecular weight excluding hydrogens is 263 g/mol. The van der Waals surface area contributed by atoms with Crippen LogP contribution in [0.4, 0.5) is 0 Å². The van der Waals surface area contributed by atoms with Gasteiger partial charge in [0, 0.05) is 23.5 Å². The van der Waals surface area contributed by atoms with Crippen molar-refractivity contribution in [2.45, 2.75) is 0 Å². The second kappa shape index (κ2) is 4.07. The summed E-state index contributed by atoms with van der Waals surface area (Å²) in [5.74, 6) is 0. The summed E-state index contributed by atoms with van der Waals surface area (Å²) in [4.78, 5) is 8.13. The highest BCUT2D eigenvalue weighted by atomic mass is 79.9. The third-order valence-electron chi connectivity index (χ3n) is 1.79. The van der Waals surface area contributed by atoms with Crippen LogP contribution < -0.4 is 0 Å². The number of pyridine rings is 2. The summed E-state index contributed by atoms with van der Waals surface area (Å²) >= 11 is 9.25. The lowest BCUT2D eigenvalue weighted by Gasteiger charge is -2.02. The third kappa shape index (κ3) is 1.94. The van der Waals surface area contributed by atoms with Gasteiger partial charge in [-0.05, 0) is 34.1 Å². The Bertz CT molecular complexity index is 445. The van der Waals surface area contributed by atoms with E-state index in [4.69, 9.17) is 11.6 Å². The minimum absolute atomic E-state index is 0.479. The Labute approximate surface area is 95.1 Å². The fourth-order valence-electron chi connectivity index (χ4n) is 1.15. The SMILES string of the molecule is Clc1nc(Br)ccc1-c1cccnc1. The maximum Gasteiger partial charge on any atom is 0.138 e. The van der Waals surface area contributed by atoms with Gasteiger partial charge in [-0.3, -0.25) is 4.98 Å². The number of hydrogen-bond acceptors (Lipinski definition) is 2. The smallest absolute Gasteiger partial charge is 0.138 e. The van der Waals surface area contributed by atoms with E-state index in [1.54, 1.807) is 12.4 Å².